The molecule has 0 aromatic heterocycles. The molecule has 0 fully saturated rings. The fraction of sp³-hybridized carbons (Fsp3) is 0.562. The highest BCUT2D eigenvalue weighted by molar-refractivity contribution is 6.63. The Kier molecular flexibility index (Phi) is 24.4. The summed E-state index contributed by atoms with van der Waals surface area (Å²) < 4.78 is 0. The van der Waals surface area contributed by atoms with Crippen LogP contribution in [0.15, 0.2) is 60.7 Å². The van der Waals surface area contributed by atoms with E-state index in [2.05, 4.69) is 31.0 Å². The van der Waals surface area contributed by atoms with E-state index in [1.165, 1.54) is 19.6 Å². The molecule has 40 heavy (non-hydrogen) atoms. The zero-order chi connectivity index (χ0) is 31.1. The summed E-state index contributed by atoms with van der Waals surface area (Å²) in [5.74, 6) is 0.0440. The molecule has 0 saturated carbocycles. The van der Waals surface area contributed by atoms with Crippen LogP contribution in [-0.2, 0) is 9.59 Å². The average Bonchev–Trinajstić information content (AvgIpc) is 3.01. The molecule has 2 rings (SSSR count). The van der Waals surface area contributed by atoms with Crippen LogP contribution >= 0.6 is 11.6 Å². The first-order chi connectivity index (χ1) is 18.9. The van der Waals surface area contributed by atoms with Gasteiger partial charge < -0.3 is 25.3 Å². The average molecular weight is 580 g/mol. The van der Waals surface area contributed by atoms with Crippen LogP contribution in [0, 0.1) is 0 Å². The summed E-state index contributed by atoms with van der Waals surface area (Å²) in [6.07, 6.45) is -0.165. The number of benzene rings is 2. The number of aliphatic hydroxyl groups excluding tert-OH is 2. The van der Waals surface area contributed by atoms with Gasteiger partial charge in [0.05, 0.1) is 18.2 Å². The molecule has 4 atom stereocenters. The summed E-state index contributed by atoms with van der Waals surface area (Å²) in [5, 5.41) is 22.6. The minimum absolute atomic E-state index is 0.0440. The molecular formula is C32H54ClN3O4. The Morgan fingerprint density at radius 1 is 0.775 bits per heavy atom. The van der Waals surface area contributed by atoms with Gasteiger partial charge in [-0.3, -0.25) is 9.59 Å². The number of carbonyl (C=O) groups excluding carboxylic acids is 2. The lowest BCUT2D eigenvalue weighted by molar-refractivity contribution is -0.133. The zero-order valence-electron chi connectivity index (χ0n) is 26.1. The molecule has 0 heterocycles. The summed E-state index contributed by atoms with van der Waals surface area (Å²) in [5.41, 5.74) is 1.80. The van der Waals surface area contributed by atoms with E-state index in [4.69, 9.17) is 11.6 Å². The molecule has 0 aliphatic carbocycles. The first-order valence-corrected chi connectivity index (χ1v) is 14.6. The van der Waals surface area contributed by atoms with E-state index < -0.39 is 12.2 Å². The van der Waals surface area contributed by atoms with Crippen molar-refractivity contribution in [2.75, 3.05) is 33.7 Å². The van der Waals surface area contributed by atoms with Crippen LogP contribution in [0.1, 0.15) is 84.6 Å². The highest BCUT2D eigenvalue weighted by Crippen LogP contribution is 2.20. The van der Waals surface area contributed by atoms with Gasteiger partial charge in [-0.25, -0.2) is 0 Å². The van der Waals surface area contributed by atoms with Crippen molar-refractivity contribution in [2.45, 2.75) is 85.6 Å². The normalized spacial score (nSPS) is 13.1. The van der Waals surface area contributed by atoms with E-state index in [1.54, 1.807) is 18.9 Å². The van der Waals surface area contributed by atoms with Crippen molar-refractivity contribution in [3.8, 4) is 0 Å². The monoisotopic (exact) mass is 579 g/mol. The van der Waals surface area contributed by atoms with Gasteiger partial charge in [-0.05, 0) is 63.3 Å². The minimum atomic E-state index is -0.637. The maximum atomic E-state index is 11.5. The summed E-state index contributed by atoms with van der Waals surface area (Å²) >= 11 is 4.82. The van der Waals surface area contributed by atoms with Gasteiger partial charge in [0.1, 0.15) is 0 Å². The number of nitrogens with one attached hydrogen (secondary N) is 1. The second kappa shape index (κ2) is 24.5. The fourth-order valence-electron chi connectivity index (χ4n) is 3.38. The smallest absolute Gasteiger partial charge is 0.222 e. The van der Waals surface area contributed by atoms with E-state index in [9.17, 15) is 19.8 Å². The first-order valence-electron chi connectivity index (χ1n) is 14.2. The molecule has 2 aromatic rings. The Morgan fingerprint density at radius 2 is 1.15 bits per heavy atom. The summed E-state index contributed by atoms with van der Waals surface area (Å²) in [7, 11) is 3.57. The quantitative estimate of drug-likeness (QED) is 0.291. The van der Waals surface area contributed by atoms with Crippen LogP contribution in [0.5, 0.6) is 0 Å². The summed E-state index contributed by atoms with van der Waals surface area (Å²) in [6.45, 7) is 17.5. The number of likely N-dealkylation sites (N-methyl/N-ethyl adjacent to an activating group) is 2. The maximum absolute atomic E-state index is 11.5. The van der Waals surface area contributed by atoms with E-state index >= 15 is 0 Å². The Balaban J connectivity index is 0. The Morgan fingerprint density at radius 3 is 1.43 bits per heavy atom. The second-order valence-electron chi connectivity index (χ2n) is 9.22. The number of nitrogens with zero attached hydrogens (tertiary/aromatic N) is 2. The number of hydrogen-bond acceptors (Lipinski definition) is 6. The van der Waals surface area contributed by atoms with Gasteiger partial charge in [0, 0.05) is 25.9 Å². The van der Waals surface area contributed by atoms with E-state index in [0.29, 0.717) is 12.8 Å². The van der Waals surface area contributed by atoms with Gasteiger partial charge >= 0.3 is 0 Å². The standard InChI is InChI=1S/C13H19NO2.C10H15NO.C6H15N.C3H5ClO/c1-4-12(15)14(3)10(2)13(16)11-8-6-5-7-9-11;1-8(11-2)10(12)9-6-4-3-5-7-9;1-4-7(5-2)6-3;1-2-3(4)5/h5-10,13,16H,4H2,1-3H3;3-8,10-12H,1-2H3;4-6H2,1-3H3;2H2,1H3/t10-,13+;8-,10+;;/m11../s1. The lowest BCUT2D eigenvalue weighted by atomic mass is 10.0. The number of amides is 1. The third-order valence-corrected chi connectivity index (χ3v) is 6.86. The van der Waals surface area contributed by atoms with Crippen molar-refractivity contribution in [1.82, 2.24) is 15.1 Å². The number of carbonyl (C=O) groups is 2. The van der Waals surface area contributed by atoms with Crippen LogP contribution in [0.25, 0.3) is 0 Å². The molecule has 7 nitrogen and oxygen atoms in total. The molecule has 0 saturated heterocycles. The predicted octanol–water partition coefficient (Wildman–Crippen LogP) is 5.81. The number of halogens is 1. The zero-order valence-corrected chi connectivity index (χ0v) is 26.9. The number of aliphatic hydroxyl groups is 2. The largest absolute Gasteiger partial charge is 0.387 e. The predicted molar refractivity (Wildman–Crippen MR) is 168 cm³/mol. The van der Waals surface area contributed by atoms with Crippen molar-refractivity contribution >= 4 is 22.8 Å². The molecule has 0 unspecified atom stereocenters. The molecule has 0 radical (unpaired) electrons. The third kappa shape index (κ3) is 17.4. The lowest BCUT2D eigenvalue weighted by Gasteiger charge is -2.29. The van der Waals surface area contributed by atoms with Gasteiger partial charge in [0.2, 0.25) is 11.1 Å². The summed E-state index contributed by atoms with van der Waals surface area (Å²) in [6, 6.07) is 18.9. The van der Waals surface area contributed by atoms with Crippen molar-refractivity contribution < 1.29 is 19.8 Å². The Bertz CT molecular complexity index is 877. The molecule has 0 aliphatic rings. The minimum Gasteiger partial charge on any atom is -0.387 e. The van der Waals surface area contributed by atoms with Gasteiger partial charge in [-0.15, -0.1) is 0 Å². The third-order valence-electron chi connectivity index (χ3n) is 6.59. The Hall–Kier alpha value is -2.29. The van der Waals surface area contributed by atoms with Gasteiger partial charge in [-0.2, -0.15) is 0 Å². The molecule has 1 amide bonds. The van der Waals surface area contributed by atoms with Crippen LogP contribution < -0.4 is 5.32 Å². The van der Waals surface area contributed by atoms with Gasteiger partial charge in [-0.1, -0.05) is 95.3 Å². The molecule has 3 N–H and O–H groups in total. The molecule has 8 heteroatoms. The molecule has 0 bridgehead atoms. The van der Waals surface area contributed by atoms with Gasteiger partial charge in [0.15, 0.2) is 0 Å². The number of rotatable bonds is 11. The topological polar surface area (TPSA) is 93.1 Å². The molecular weight excluding hydrogens is 526 g/mol. The van der Waals surface area contributed by atoms with Crippen LogP contribution in [0.3, 0.4) is 0 Å². The van der Waals surface area contributed by atoms with Crippen LogP contribution in [-0.4, -0.2) is 77.0 Å². The van der Waals surface area contributed by atoms with Crippen molar-refractivity contribution in [3.05, 3.63) is 71.8 Å². The van der Waals surface area contributed by atoms with E-state index in [1.807, 2.05) is 88.5 Å². The van der Waals surface area contributed by atoms with E-state index in [-0.39, 0.29) is 23.2 Å². The molecule has 0 aliphatic heterocycles. The van der Waals surface area contributed by atoms with E-state index in [0.717, 1.165) is 11.1 Å². The highest BCUT2D eigenvalue weighted by atomic mass is 35.5. The molecule has 2 aromatic carbocycles. The first kappa shape index (κ1) is 39.9. The van der Waals surface area contributed by atoms with Crippen LogP contribution in [0.4, 0.5) is 0 Å². The highest BCUT2D eigenvalue weighted by Gasteiger charge is 2.22. The van der Waals surface area contributed by atoms with Crippen molar-refractivity contribution in [3.63, 3.8) is 0 Å². The fourth-order valence-corrected chi connectivity index (χ4v) is 3.38. The lowest BCUT2D eigenvalue weighted by Crippen LogP contribution is -2.38. The molecule has 0 spiro atoms. The van der Waals surface area contributed by atoms with Crippen LogP contribution in [0.2, 0.25) is 0 Å². The maximum Gasteiger partial charge on any atom is 0.222 e. The second-order valence-corrected chi connectivity index (χ2v) is 9.64. The Labute approximate surface area is 248 Å². The number of hydrogen-bond donors (Lipinski definition) is 3. The molecule has 228 valence electrons. The van der Waals surface area contributed by atoms with Crippen molar-refractivity contribution in [2.24, 2.45) is 0 Å². The van der Waals surface area contributed by atoms with Crippen molar-refractivity contribution in [1.29, 1.82) is 0 Å². The van der Waals surface area contributed by atoms with Gasteiger partial charge in [0.25, 0.3) is 0 Å². The summed E-state index contributed by atoms with van der Waals surface area (Å²) in [4.78, 5) is 25.1. The SMILES string of the molecule is CCC(=O)Cl.CCC(=O)N(C)[C@H](C)[C@H](O)c1ccccc1.CCN(CC)CC.CN[C@H](C)[C@H](O)c1ccccc1.